The quantitative estimate of drug-likeness (QED) is 0.708. The van der Waals surface area contributed by atoms with Crippen molar-refractivity contribution in [3.63, 3.8) is 0 Å². The van der Waals surface area contributed by atoms with Crippen LogP contribution < -0.4 is 0 Å². The molecule has 0 aliphatic heterocycles. The zero-order chi connectivity index (χ0) is 12.6. The smallest absolute Gasteiger partial charge is 0.203 e. The van der Waals surface area contributed by atoms with Gasteiger partial charge in [-0.15, -0.1) is 11.3 Å². The molecule has 0 fully saturated rings. The summed E-state index contributed by atoms with van der Waals surface area (Å²) < 4.78 is 0.798. The number of carbonyl (C=O) groups is 1. The Morgan fingerprint density at radius 2 is 1.76 bits per heavy atom. The van der Waals surface area contributed by atoms with Crippen LogP contribution in [0.15, 0.2) is 28.1 Å². The molecule has 0 saturated carbocycles. The van der Waals surface area contributed by atoms with Gasteiger partial charge in [-0.05, 0) is 48.0 Å². The monoisotopic (exact) mass is 328 g/mol. The Balaban J connectivity index is 2.43. The second-order valence-corrected chi connectivity index (χ2v) is 6.72. The predicted octanol–water partition coefficient (Wildman–Crippen LogP) is 5.01. The van der Waals surface area contributed by atoms with Crippen molar-refractivity contribution in [3.8, 4) is 0 Å². The van der Waals surface area contributed by atoms with E-state index in [-0.39, 0.29) is 5.78 Å². The van der Waals surface area contributed by atoms with Crippen LogP contribution in [0.1, 0.15) is 26.4 Å². The summed E-state index contributed by atoms with van der Waals surface area (Å²) in [6.45, 7) is 3.97. The highest BCUT2D eigenvalue weighted by molar-refractivity contribution is 9.11. The van der Waals surface area contributed by atoms with Gasteiger partial charge >= 0.3 is 0 Å². The summed E-state index contributed by atoms with van der Waals surface area (Å²) in [5.41, 5.74) is 2.90. The van der Waals surface area contributed by atoms with Crippen molar-refractivity contribution in [2.45, 2.75) is 13.8 Å². The van der Waals surface area contributed by atoms with Gasteiger partial charge in [-0.1, -0.05) is 28.8 Å². The highest BCUT2D eigenvalue weighted by Crippen LogP contribution is 2.33. The van der Waals surface area contributed by atoms with Gasteiger partial charge in [-0.25, -0.2) is 0 Å². The molecule has 0 radical (unpaired) electrons. The highest BCUT2D eigenvalue weighted by atomic mass is 79.9. The predicted molar refractivity (Wildman–Crippen MR) is 76.4 cm³/mol. The summed E-state index contributed by atoms with van der Waals surface area (Å²) in [7, 11) is 0. The Bertz CT molecular complexity index is 549. The minimum absolute atomic E-state index is 0.0226. The Morgan fingerprint density at radius 3 is 2.24 bits per heavy atom. The van der Waals surface area contributed by atoms with Crippen LogP contribution in [0.5, 0.6) is 0 Å². The third-order valence-corrected chi connectivity index (χ3v) is 4.83. The van der Waals surface area contributed by atoms with E-state index >= 15 is 0 Å². The average molecular weight is 330 g/mol. The number of thiophene rings is 1. The van der Waals surface area contributed by atoms with Crippen molar-refractivity contribution in [1.29, 1.82) is 0 Å². The molecule has 0 unspecified atom stereocenters. The van der Waals surface area contributed by atoms with Crippen molar-refractivity contribution < 1.29 is 4.79 Å². The highest BCUT2D eigenvalue weighted by Gasteiger charge is 2.14. The van der Waals surface area contributed by atoms with Crippen molar-refractivity contribution in [1.82, 2.24) is 0 Å². The van der Waals surface area contributed by atoms with Gasteiger partial charge in [0.1, 0.15) is 0 Å². The van der Waals surface area contributed by atoms with Crippen molar-refractivity contribution in [2.75, 3.05) is 0 Å². The van der Waals surface area contributed by atoms with Gasteiger partial charge in [-0.2, -0.15) is 0 Å². The van der Waals surface area contributed by atoms with Gasteiger partial charge in [0.2, 0.25) is 5.78 Å². The van der Waals surface area contributed by atoms with E-state index in [0.29, 0.717) is 15.5 Å². The first-order valence-corrected chi connectivity index (χ1v) is 7.04. The van der Waals surface area contributed by atoms with Gasteiger partial charge < -0.3 is 0 Å². The topological polar surface area (TPSA) is 17.1 Å². The summed E-state index contributed by atoms with van der Waals surface area (Å²) >= 11 is 10.6. The summed E-state index contributed by atoms with van der Waals surface area (Å²) in [4.78, 5) is 12.9. The number of aryl methyl sites for hydroxylation is 2. The molecule has 17 heavy (non-hydrogen) atoms. The Hall–Kier alpha value is -0.640. The number of benzene rings is 1. The number of halogens is 2. The van der Waals surface area contributed by atoms with Crippen LogP contribution in [-0.4, -0.2) is 5.78 Å². The van der Waals surface area contributed by atoms with Crippen LogP contribution in [0.3, 0.4) is 0 Å². The third kappa shape index (κ3) is 2.79. The van der Waals surface area contributed by atoms with Crippen molar-refractivity contribution in [3.05, 3.63) is 54.6 Å². The molecule has 4 heteroatoms. The second-order valence-electron chi connectivity index (χ2n) is 3.94. The molecule has 1 nitrogen and oxygen atoms in total. The van der Waals surface area contributed by atoms with Crippen LogP contribution in [0.25, 0.3) is 0 Å². The Kier molecular flexibility index (Phi) is 3.71. The lowest BCUT2D eigenvalue weighted by atomic mass is 10.0. The fourth-order valence-electron chi connectivity index (χ4n) is 1.71. The number of hydrogen-bond donors (Lipinski definition) is 0. The molecule has 0 amide bonds. The molecule has 0 aliphatic rings. The van der Waals surface area contributed by atoms with Crippen molar-refractivity contribution in [2.24, 2.45) is 0 Å². The molecule has 2 rings (SSSR count). The molecule has 2 aromatic rings. The number of rotatable bonds is 2. The Labute approximate surface area is 118 Å². The van der Waals surface area contributed by atoms with E-state index in [4.69, 9.17) is 11.6 Å². The molecule has 88 valence electrons. The van der Waals surface area contributed by atoms with E-state index in [2.05, 4.69) is 15.9 Å². The fraction of sp³-hybridized carbons (Fsp3) is 0.154. The molecule has 0 N–H and O–H groups in total. The summed E-state index contributed by atoms with van der Waals surface area (Å²) in [5, 5.41) is 0.586. The van der Waals surface area contributed by atoms with Gasteiger partial charge in [0.05, 0.1) is 13.7 Å². The molecule has 0 bridgehead atoms. The minimum Gasteiger partial charge on any atom is -0.288 e. The summed E-state index contributed by atoms with van der Waals surface area (Å²) in [6.07, 6.45) is 0. The molecule has 1 heterocycles. The standard InChI is InChI=1S/C13H10BrClOS/c1-7-3-8(2)5-9(4-7)12(16)11-6-10(15)13(14)17-11/h3-6H,1-2H3. The molecule has 0 atom stereocenters. The number of hydrogen-bond acceptors (Lipinski definition) is 2. The van der Waals surface area contributed by atoms with E-state index in [9.17, 15) is 4.79 Å². The zero-order valence-electron chi connectivity index (χ0n) is 9.38. The molecule has 0 aliphatic carbocycles. The molecular formula is C13H10BrClOS. The van der Waals surface area contributed by atoms with E-state index in [0.717, 1.165) is 14.9 Å². The van der Waals surface area contributed by atoms with Crippen LogP contribution >= 0.6 is 38.9 Å². The van der Waals surface area contributed by atoms with E-state index in [1.807, 2.05) is 32.0 Å². The normalized spacial score (nSPS) is 10.6. The Morgan fingerprint density at radius 1 is 1.18 bits per heavy atom. The van der Waals surface area contributed by atoms with Crippen molar-refractivity contribution >= 4 is 44.7 Å². The maximum atomic E-state index is 12.2. The van der Waals surface area contributed by atoms with Crippen LogP contribution in [-0.2, 0) is 0 Å². The molecule has 0 spiro atoms. The summed E-state index contributed by atoms with van der Waals surface area (Å²) in [6, 6.07) is 7.55. The summed E-state index contributed by atoms with van der Waals surface area (Å²) in [5.74, 6) is 0.0226. The van der Waals surface area contributed by atoms with Crippen LogP contribution in [0, 0.1) is 13.8 Å². The average Bonchev–Trinajstić information content (AvgIpc) is 2.57. The van der Waals surface area contributed by atoms with E-state index in [1.165, 1.54) is 11.3 Å². The first kappa shape index (κ1) is 12.8. The first-order valence-electron chi connectivity index (χ1n) is 5.05. The van der Waals surface area contributed by atoms with Gasteiger partial charge in [0.25, 0.3) is 0 Å². The van der Waals surface area contributed by atoms with E-state index in [1.54, 1.807) is 6.07 Å². The van der Waals surface area contributed by atoms with Gasteiger partial charge in [-0.3, -0.25) is 4.79 Å². The van der Waals surface area contributed by atoms with Gasteiger partial charge in [0.15, 0.2) is 0 Å². The first-order chi connectivity index (χ1) is 7.97. The lowest BCUT2D eigenvalue weighted by Gasteiger charge is -2.02. The lowest BCUT2D eigenvalue weighted by Crippen LogP contribution is -1.99. The minimum atomic E-state index is 0.0226. The SMILES string of the molecule is Cc1cc(C)cc(C(=O)c2cc(Cl)c(Br)s2)c1. The number of ketones is 1. The maximum Gasteiger partial charge on any atom is 0.203 e. The molecule has 0 saturated heterocycles. The largest absolute Gasteiger partial charge is 0.288 e. The third-order valence-electron chi connectivity index (χ3n) is 2.35. The van der Waals surface area contributed by atoms with Crippen LogP contribution in [0.2, 0.25) is 5.02 Å². The lowest BCUT2D eigenvalue weighted by molar-refractivity contribution is 0.104. The fourth-order valence-corrected chi connectivity index (χ4v) is 3.37. The molecule has 1 aromatic carbocycles. The zero-order valence-corrected chi connectivity index (χ0v) is 12.5. The van der Waals surface area contributed by atoms with Crippen LogP contribution in [0.4, 0.5) is 0 Å². The number of carbonyl (C=O) groups excluding carboxylic acids is 1. The second kappa shape index (κ2) is 4.92. The maximum absolute atomic E-state index is 12.2. The molecular weight excluding hydrogens is 320 g/mol. The van der Waals surface area contributed by atoms with E-state index < -0.39 is 0 Å². The molecule has 1 aromatic heterocycles. The van der Waals surface area contributed by atoms with Gasteiger partial charge in [0, 0.05) is 5.56 Å².